The fourth-order valence-electron chi connectivity index (χ4n) is 2.87. The summed E-state index contributed by atoms with van der Waals surface area (Å²) >= 11 is 0. The highest BCUT2D eigenvalue weighted by molar-refractivity contribution is 5.49. The van der Waals surface area contributed by atoms with Gasteiger partial charge in [0.2, 0.25) is 0 Å². The van der Waals surface area contributed by atoms with Crippen LogP contribution in [0.15, 0.2) is 24.3 Å². The molecule has 1 aromatic carbocycles. The normalized spacial score (nSPS) is 24.6. The summed E-state index contributed by atoms with van der Waals surface area (Å²) in [7, 11) is 0. The number of likely N-dealkylation sites (N-methyl/N-ethyl adjacent to an activating group) is 1. The minimum absolute atomic E-state index is 0.163. The highest BCUT2D eigenvalue weighted by atomic mass is 16.3. The smallest absolute Gasteiger partial charge is 0.0743 e. The lowest BCUT2D eigenvalue weighted by molar-refractivity contribution is 0.104. The lowest BCUT2D eigenvalue weighted by Gasteiger charge is -2.38. The van der Waals surface area contributed by atoms with Crippen molar-refractivity contribution in [3.8, 4) is 0 Å². The van der Waals surface area contributed by atoms with Crippen LogP contribution in [-0.4, -0.2) is 23.8 Å². The van der Waals surface area contributed by atoms with E-state index in [1.54, 1.807) is 0 Å². The molecule has 2 unspecified atom stereocenters. The zero-order chi connectivity index (χ0) is 12.3. The first kappa shape index (κ1) is 12.4. The van der Waals surface area contributed by atoms with E-state index < -0.39 is 0 Å². The van der Waals surface area contributed by atoms with E-state index in [9.17, 15) is 5.11 Å². The van der Waals surface area contributed by atoms with Gasteiger partial charge in [-0.05, 0) is 44.4 Å². The van der Waals surface area contributed by atoms with E-state index in [1.807, 2.05) is 0 Å². The van der Waals surface area contributed by atoms with Crippen molar-refractivity contribution in [2.45, 2.75) is 51.7 Å². The number of hydrogen-bond donors (Lipinski definition) is 1. The van der Waals surface area contributed by atoms with Crippen LogP contribution in [0, 0.1) is 6.92 Å². The molecule has 0 amide bonds. The van der Waals surface area contributed by atoms with Gasteiger partial charge < -0.3 is 10.0 Å². The van der Waals surface area contributed by atoms with E-state index in [1.165, 1.54) is 24.1 Å². The molecule has 1 aliphatic rings. The largest absolute Gasteiger partial charge is 0.391 e. The summed E-state index contributed by atoms with van der Waals surface area (Å²) in [6.07, 6.45) is 4.31. The maximum Gasteiger partial charge on any atom is 0.0743 e. The number of aliphatic hydroxyl groups is 1. The Bertz CT molecular complexity index is 364. The molecule has 2 nitrogen and oxygen atoms in total. The SMILES string of the molecule is CCN(c1cccc(C)c1)C1CCCCC1O. The van der Waals surface area contributed by atoms with Gasteiger partial charge in [0.25, 0.3) is 0 Å². The number of aryl methyl sites for hydroxylation is 1. The van der Waals surface area contributed by atoms with Crippen molar-refractivity contribution in [2.75, 3.05) is 11.4 Å². The average molecular weight is 233 g/mol. The van der Waals surface area contributed by atoms with E-state index in [2.05, 4.69) is 43.0 Å². The summed E-state index contributed by atoms with van der Waals surface area (Å²) in [6, 6.07) is 8.88. The van der Waals surface area contributed by atoms with Gasteiger partial charge in [-0.1, -0.05) is 25.0 Å². The quantitative estimate of drug-likeness (QED) is 0.867. The number of nitrogens with zero attached hydrogens (tertiary/aromatic N) is 1. The molecule has 0 saturated heterocycles. The van der Waals surface area contributed by atoms with Crippen LogP contribution in [0.5, 0.6) is 0 Å². The Morgan fingerprint density at radius 3 is 2.71 bits per heavy atom. The van der Waals surface area contributed by atoms with Gasteiger partial charge in [-0.3, -0.25) is 0 Å². The fourth-order valence-corrected chi connectivity index (χ4v) is 2.87. The van der Waals surface area contributed by atoms with Crippen LogP contribution < -0.4 is 4.90 Å². The van der Waals surface area contributed by atoms with Crippen molar-refractivity contribution in [1.29, 1.82) is 0 Å². The highest BCUT2D eigenvalue weighted by Crippen LogP contribution is 2.27. The van der Waals surface area contributed by atoms with E-state index in [0.29, 0.717) is 6.04 Å². The summed E-state index contributed by atoms with van der Waals surface area (Å²) in [6.45, 7) is 5.25. The minimum Gasteiger partial charge on any atom is -0.391 e. The molecule has 1 saturated carbocycles. The molecule has 17 heavy (non-hydrogen) atoms. The summed E-state index contributed by atoms with van der Waals surface area (Å²) in [5.41, 5.74) is 2.53. The zero-order valence-corrected chi connectivity index (χ0v) is 10.9. The standard InChI is InChI=1S/C15H23NO/c1-3-16(13-8-6-7-12(2)11-13)14-9-4-5-10-15(14)17/h6-8,11,14-15,17H,3-5,9-10H2,1-2H3. The second kappa shape index (κ2) is 5.54. The van der Waals surface area contributed by atoms with Crippen LogP contribution >= 0.6 is 0 Å². The highest BCUT2D eigenvalue weighted by Gasteiger charge is 2.27. The Kier molecular flexibility index (Phi) is 4.06. The molecule has 2 heteroatoms. The van der Waals surface area contributed by atoms with Crippen molar-refractivity contribution in [1.82, 2.24) is 0 Å². The molecule has 0 heterocycles. The number of hydrogen-bond acceptors (Lipinski definition) is 2. The van der Waals surface area contributed by atoms with Gasteiger partial charge in [0, 0.05) is 12.2 Å². The third-order valence-electron chi connectivity index (χ3n) is 3.77. The lowest BCUT2D eigenvalue weighted by atomic mass is 9.91. The van der Waals surface area contributed by atoms with Crippen LogP contribution in [0.4, 0.5) is 5.69 Å². The molecule has 1 N–H and O–H groups in total. The Morgan fingerprint density at radius 1 is 1.29 bits per heavy atom. The Balaban J connectivity index is 2.20. The van der Waals surface area contributed by atoms with Gasteiger partial charge in [-0.15, -0.1) is 0 Å². The number of benzene rings is 1. The summed E-state index contributed by atoms with van der Waals surface area (Å²) < 4.78 is 0. The lowest BCUT2D eigenvalue weighted by Crippen LogP contribution is -2.45. The monoisotopic (exact) mass is 233 g/mol. The van der Waals surface area contributed by atoms with Crippen LogP contribution in [0.1, 0.15) is 38.2 Å². The van der Waals surface area contributed by atoms with Crippen LogP contribution in [0.25, 0.3) is 0 Å². The molecule has 1 fully saturated rings. The number of rotatable bonds is 3. The molecule has 0 aromatic heterocycles. The summed E-state index contributed by atoms with van der Waals surface area (Å²) in [5.74, 6) is 0. The topological polar surface area (TPSA) is 23.5 Å². The van der Waals surface area contributed by atoms with Gasteiger partial charge in [0.05, 0.1) is 12.1 Å². The summed E-state index contributed by atoms with van der Waals surface area (Å²) in [5, 5.41) is 10.2. The van der Waals surface area contributed by atoms with Crippen molar-refractivity contribution in [3.63, 3.8) is 0 Å². The van der Waals surface area contributed by atoms with E-state index >= 15 is 0 Å². The van der Waals surface area contributed by atoms with Gasteiger partial charge in [-0.2, -0.15) is 0 Å². The Morgan fingerprint density at radius 2 is 2.06 bits per heavy atom. The third kappa shape index (κ3) is 2.81. The predicted molar refractivity (Wildman–Crippen MR) is 72.5 cm³/mol. The van der Waals surface area contributed by atoms with Crippen LogP contribution in [0.2, 0.25) is 0 Å². The van der Waals surface area contributed by atoms with Gasteiger partial charge in [0.15, 0.2) is 0 Å². The molecule has 0 bridgehead atoms. The van der Waals surface area contributed by atoms with Crippen molar-refractivity contribution >= 4 is 5.69 Å². The fraction of sp³-hybridized carbons (Fsp3) is 0.600. The molecule has 2 atom stereocenters. The number of aliphatic hydroxyl groups excluding tert-OH is 1. The molecule has 0 aliphatic heterocycles. The number of anilines is 1. The first-order valence-electron chi connectivity index (χ1n) is 6.73. The molecular formula is C15H23NO. The molecule has 1 aliphatic carbocycles. The molecule has 0 spiro atoms. The summed E-state index contributed by atoms with van der Waals surface area (Å²) in [4.78, 5) is 2.36. The molecule has 1 aromatic rings. The Hall–Kier alpha value is -1.02. The van der Waals surface area contributed by atoms with Crippen LogP contribution in [0.3, 0.4) is 0 Å². The Labute approximate surface area is 104 Å². The van der Waals surface area contributed by atoms with Gasteiger partial charge in [0.1, 0.15) is 0 Å². The van der Waals surface area contributed by atoms with E-state index in [0.717, 1.165) is 19.4 Å². The molecule has 0 radical (unpaired) electrons. The molecule has 94 valence electrons. The molecule has 2 rings (SSSR count). The maximum absolute atomic E-state index is 10.2. The zero-order valence-electron chi connectivity index (χ0n) is 10.9. The van der Waals surface area contributed by atoms with Crippen molar-refractivity contribution < 1.29 is 5.11 Å². The third-order valence-corrected chi connectivity index (χ3v) is 3.77. The van der Waals surface area contributed by atoms with Gasteiger partial charge in [-0.25, -0.2) is 0 Å². The van der Waals surface area contributed by atoms with Crippen molar-refractivity contribution in [3.05, 3.63) is 29.8 Å². The first-order chi connectivity index (χ1) is 8.22. The average Bonchev–Trinajstić information content (AvgIpc) is 2.33. The van der Waals surface area contributed by atoms with E-state index in [4.69, 9.17) is 0 Å². The second-order valence-electron chi connectivity index (χ2n) is 5.04. The van der Waals surface area contributed by atoms with Gasteiger partial charge >= 0.3 is 0 Å². The maximum atomic E-state index is 10.2. The van der Waals surface area contributed by atoms with Crippen molar-refractivity contribution in [2.24, 2.45) is 0 Å². The predicted octanol–water partition coefficient (Wildman–Crippen LogP) is 3.12. The molecular weight excluding hydrogens is 210 g/mol. The van der Waals surface area contributed by atoms with Crippen LogP contribution in [-0.2, 0) is 0 Å². The minimum atomic E-state index is -0.163. The first-order valence-corrected chi connectivity index (χ1v) is 6.73. The second-order valence-corrected chi connectivity index (χ2v) is 5.04. The van der Waals surface area contributed by atoms with E-state index in [-0.39, 0.29) is 6.10 Å².